The number of amides is 1. The Balaban J connectivity index is 2.08. The summed E-state index contributed by atoms with van der Waals surface area (Å²) >= 11 is 0. The zero-order chi connectivity index (χ0) is 18.7. The van der Waals surface area contributed by atoms with Crippen LogP contribution in [0.4, 0.5) is 0 Å². The number of aromatic nitrogens is 2. The monoisotopic (exact) mass is 349 g/mol. The summed E-state index contributed by atoms with van der Waals surface area (Å²) in [4.78, 5) is 23.4. The molecule has 0 bridgehead atoms. The maximum Gasteiger partial charge on any atom is 0.342 e. The number of nitrogens with two attached hydrogens (primary N) is 1. The summed E-state index contributed by atoms with van der Waals surface area (Å²) in [5.41, 5.74) is 9.68. The molecule has 0 aliphatic rings. The first-order chi connectivity index (χ1) is 12.5. The topological polar surface area (TPSA) is 87.2 Å². The molecule has 1 amide bonds. The van der Waals surface area contributed by atoms with Crippen LogP contribution in [0.3, 0.4) is 0 Å². The molecule has 0 unspecified atom stereocenters. The number of benzene rings is 2. The Morgan fingerprint density at radius 2 is 1.81 bits per heavy atom. The lowest BCUT2D eigenvalue weighted by atomic mass is 10.0. The summed E-state index contributed by atoms with van der Waals surface area (Å²) in [6, 6.07) is 15.3. The molecule has 3 aromatic rings. The lowest BCUT2D eigenvalue weighted by Gasteiger charge is -2.05. The molecule has 1 heterocycles. The summed E-state index contributed by atoms with van der Waals surface area (Å²) in [6.07, 6.45) is 1.60. The van der Waals surface area contributed by atoms with Gasteiger partial charge in [0.1, 0.15) is 11.3 Å². The zero-order valence-electron chi connectivity index (χ0n) is 14.6. The van der Waals surface area contributed by atoms with Crippen molar-refractivity contribution < 1.29 is 14.3 Å². The summed E-state index contributed by atoms with van der Waals surface area (Å²) < 4.78 is 6.60. The molecular formula is C20H19N3O3. The average Bonchev–Trinajstić information content (AvgIpc) is 3.08. The Morgan fingerprint density at radius 1 is 1.08 bits per heavy atom. The first kappa shape index (κ1) is 17.4. The van der Waals surface area contributed by atoms with Gasteiger partial charge in [-0.2, -0.15) is 5.10 Å². The third-order valence-electron chi connectivity index (χ3n) is 4.08. The second-order valence-corrected chi connectivity index (χ2v) is 6.01. The molecule has 0 saturated carbocycles. The van der Waals surface area contributed by atoms with Crippen LogP contribution in [0.5, 0.6) is 0 Å². The van der Waals surface area contributed by atoms with Gasteiger partial charge < -0.3 is 10.5 Å². The smallest absolute Gasteiger partial charge is 0.342 e. The van der Waals surface area contributed by atoms with Crippen LogP contribution in [0.2, 0.25) is 0 Å². The van der Waals surface area contributed by atoms with E-state index in [0.717, 1.165) is 22.4 Å². The number of esters is 1. The first-order valence-electron chi connectivity index (χ1n) is 8.14. The molecule has 0 spiro atoms. The van der Waals surface area contributed by atoms with Crippen molar-refractivity contribution in [2.45, 2.75) is 13.8 Å². The predicted octanol–water partition coefficient (Wildman–Crippen LogP) is 2.80. The molecule has 6 nitrogen and oxygen atoms in total. The molecule has 1 aromatic heterocycles. The second-order valence-electron chi connectivity index (χ2n) is 6.01. The highest BCUT2D eigenvalue weighted by atomic mass is 16.5. The fourth-order valence-corrected chi connectivity index (χ4v) is 2.55. The molecule has 0 radical (unpaired) electrons. The SMILES string of the molecule is Cc1ccc(-c2nn(-c3ccccc3)cc2C(=O)OCC(N)=O)cc1C. The van der Waals surface area contributed by atoms with Crippen molar-refractivity contribution in [3.63, 3.8) is 0 Å². The standard InChI is InChI=1S/C20H19N3O3/c1-13-8-9-15(10-14(13)2)19-17(20(25)26-12-18(21)24)11-23(22-19)16-6-4-3-5-7-16/h3-11H,12H2,1-2H3,(H2,21,24). The van der Waals surface area contributed by atoms with Crippen molar-refractivity contribution in [1.29, 1.82) is 0 Å². The lowest BCUT2D eigenvalue weighted by Crippen LogP contribution is -2.21. The van der Waals surface area contributed by atoms with Crippen LogP contribution in [0.15, 0.2) is 54.7 Å². The molecule has 0 saturated heterocycles. The van der Waals surface area contributed by atoms with E-state index in [-0.39, 0.29) is 5.56 Å². The Hall–Kier alpha value is -3.41. The molecule has 26 heavy (non-hydrogen) atoms. The number of ether oxygens (including phenoxy) is 1. The highest BCUT2D eigenvalue weighted by Gasteiger charge is 2.20. The molecule has 6 heteroatoms. The molecule has 2 N–H and O–H groups in total. The van der Waals surface area contributed by atoms with Gasteiger partial charge in [-0.3, -0.25) is 4.79 Å². The van der Waals surface area contributed by atoms with Crippen molar-refractivity contribution in [1.82, 2.24) is 9.78 Å². The zero-order valence-corrected chi connectivity index (χ0v) is 14.6. The largest absolute Gasteiger partial charge is 0.452 e. The lowest BCUT2D eigenvalue weighted by molar-refractivity contribution is -0.121. The van der Waals surface area contributed by atoms with Crippen molar-refractivity contribution >= 4 is 11.9 Å². The van der Waals surface area contributed by atoms with Crippen LogP contribution in [0.25, 0.3) is 16.9 Å². The van der Waals surface area contributed by atoms with Gasteiger partial charge in [0.25, 0.3) is 5.91 Å². The Bertz CT molecular complexity index is 962. The van der Waals surface area contributed by atoms with Gasteiger partial charge in [0, 0.05) is 11.8 Å². The molecular weight excluding hydrogens is 330 g/mol. The van der Waals surface area contributed by atoms with Gasteiger partial charge in [0.05, 0.1) is 5.69 Å². The molecule has 0 atom stereocenters. The Labute approximate surface area is 151 Å². The number of nitrogens with zero attached hydrogens (tertiary/aromatic N) is 2. The van der Waals surface area contributed by atoms with E-state index in [1.54, 1.807) is 10.9 Å². The van der Waals surface area contributed by atoms with Crippen molar-refractivity contribution in [2.75, 3.05) is 6.61 Å². The minimum absolute atomic E-state index is 0.276. The summed E-state index contributed by atoms with van der Waals surface area (Å²) in [6.45, 7) is 3.55. The number of primary amides is 1. The van der Waals surface area contributed by atoms with Gasteiger partial charge >= 0.3 is 5.97 Å². The van der Waals surface area contributed by atoms with Gasteiger partial charge in [0.2, 0.25) is 0 Å². The van der Waals surface area contributed by atoms with E-state index >= 15 is 0 Å². The molecule has 2 aromatic carbocycles. The van der Waals surface area contributed by atoms with E-state index in [0.29, 0.717) is 5.69 Å². The van der Waals surface area contributed by atoms with E-state index in [4.69, 9.17) is 10.5 Å². The first-order valence-corrected chi connectivity index (χ1v) is 8.14. The van der Waals surface area contributed by atoms with Crippen LogP contribution in [-0.4, -0.2) is 28.3 Å². The molecule has 132 valence electrons. The van der Waals surface area contributed by atoms with Crippen LogP contribution >= 0.6 is 0 Å². The fraction of sp³-hybridized carbons (Fsp3) is 0.150. The highest BCUT2D eigenvalue weighted by Crippen LogP contribution is 2.26. The molecule has 0 aliphatic heterocycles. The number of carbonyl (C=O) groups is 2. The second kappa shape index (κ2) is 7.23. The van der Waals surface area contributed by atoms with Gasteiger partial charge in [-0.1, -0.05) is 30.3 Å². The van der Waals surface area contributed by atoms with Crippen molar-refractivity contribution in [3.05, 3.63) is 71.4 Å². The number of rotatable bonds is 5. The number of hydrogen-bond donors (Lipinski definition) is 1. The number of para-hydroxylation sites is 1. The normalized spacial score (nSPS) is 10.5. The number of aryl methyl sites for hydroxylation is 2. The van der Waals surface area contributed by atoms with E-state index in [9.17, 15) is 9.59 Å². The predicted molar refractivity (Wildman–Crippen MR) is 98.0 cm³/mol. The summed E-state index contributed by atoms with van der Waals surface area (Å²) in [7, 11) is 0. The van der Waals surface area contributed by atoms with Crippen LogP contribution in [0, 0.1) is 13.8 Å². The Kier molecular flexibility index (Phi) is 4.84. The summed E-state index contributed by atoms with van der Waals surface area (Å²) in [5, 5.41) is 4.57. The van der Waals surface area contributed by atoms with Crippen molar-refractivity contribution in [3.8, 4) is 16.9 Å². The van der Waals surface area contributed by atoms with E-state index in [1.807, 2.05) is 62.4 Å². The average molecular weight is 349 g/mol. The van der Waals surface area contributed by atoms with Crippen LogP contribution < -0.4 is 5.73 Å². The molecule has 3 rings (SSSR count). The van der Waals surface area contributed by atoms with Crippen LogP contribution in [0.1, 0.15) is 21.5 Å². The third kappa shape index (κ3) is 3.64. The number of hydrogen-bond acceptors (Lipinski definition) is 4. The minimum atomic E-state index is -0.707. The van der Waals surface area contributed by atoms with Gasteiger partial charge in [0.15, 0.2) is 6.61 Å². The van der Waals surface area contributed by atoms with E-state index in [1.165, 1.54) is 0 Å². The molecule has 0 aliphatic carbocycles. The molecule has 0 fully saturated rings. The van der Waals surface area contributed by atoms with E-state index < -0.39 is 18.5 Å². The maximum absolute atomic E-state index is 12.5. The quantitative estimate of drug-likeness (QED) is 0.718. The number of carbonyl (C=O) groups excluding carboxylic acids is 2. The Morgan fingerprint density at radius 3 is 2.46 bits per heavy atom. The maximum atomic E-state index is 12.5. The van der Waals surface area contributed by atoms with Crippen LogP contribution in [-0.2, 0) is 9.53 Å². The van der Waals surface area contributed by atoms with Gasteiger partial charge in [-0.25, -0.2) is 9.48 Å². The highest BCUT2D eigenvalue weighted by molar-refractivity contribution is 5.97. The van der Waals surface area contributed by atoms with Crippen molar-refractivity contribution in [2.24, 2.45) is 5.73 Å². The van der Waals surface area contributed by atoms with Gasteiger partial charge in [-0.15, -0.1) is 0 Å². The fourth-order valence-electron chi connectivity index (χ4n) is 2.55. The minimum Gasteiger partial charge on any atom is -0.452 e. The van der Waals surface area contributed by atoms with E-state index in [2.05, 4.69) is 5.10 Å². The summed E-state index contributed by atoms with van der Waals surface area (Å²) in [5.74, 6) is -1.35. The third-order valence-corrected chi connectivity index (χ3v) is 4.08. The van der Waals surface area contributed by atoms with Gasteiger partial charge in [-0.05, 0) is 43.2 Å².